The second-order valence-corrected chi connectivity index (χ2v) is 10.3. The second kappa shape index (κ2) is 8.01. The number of nitrogens with zero attached hydrogens (tertiary/aromatic N) is 2. The molecule has 0 unspecified atom stereocenters. The van der Waals surface area contributed by atoms with E-state index in [4.69, 9.17) is 16.0 Å². The molecule has 6 rings (SSSR count). The zero-order chi connectivity index (χ0) is 23.4. The Balaban J connectivity index is 1.38. The highest BCUT2D eigenvalue weighted by Gasteiger charge is 2.44. The van der Waals surface area contributed by atoms with Crippen molar-refractivity contribution in [2.45, 2.75) is 50.5 Å². The molecule has 2 N–H and O–H groups in total. The molecule has 34 heavy (non-hydrogen) atoms. The van der Waals surface area contributed by atoms with Gasteiger partial charge in [0.25, 0.3) is 5.91 Å². The Morgan fingerprint density at radius 3 is 2.79 bits per heavy atom. The maximum Gasteiger partial charge on any atom is 0.319 e. The molecule has 4 heterocycles. The lowest BCUT2D eigenvalue weighted by atomic mass is 9.74. The fourth-order valence-electron chi connectivity index (χ4n) is 6.06. The van der Waals surface area contributed by atoms with Gasteiger partial charge in [-0.3, -0.25) is 9.78 Å². The van der Waals surface area contributed by atoms with Crippen molar-refractivity contribution in [3.05, 3.63) is 58.6 Å². The molecule has 1 spiro atoms. The van der Waals surface area contributed by atoms with E-state index in [2.05, 4.69) is 22.5 Å². The summed E-state index contributed by atoms with van der Waals surface area (Å²) >= 11 is 6.62. The third kappa shape index (κ3) is 3.36. The molecule has 3 amide bonds. The quantitative estimate of drug-likeness (QED) is 0.498. The lowest BCUT2D eigenvalue weighted by molar-refractivity contribution is 0.0757. The van der Waals surface area contributed by atoms with Gasteiger partial charge in [0.05, 0.1) is 16.2 Å². The van der Waals surface area contributed by atoms with E-state index in [-0.39, 0.29) is 17.9 Å². The van der Waals surface area contributed by atoms with Crippen molar-refractivity contribution in [1.82, 2.24) is 15.2 Å². The molecule has 2 aliphatic heterocycles. The van der Waals surface area contributed by atoms with Gasteiger partial charge in [0, 0.05) is 41.8 Å². The van der Waals surface area contributed by atoms with Gasteiger partial charge in [-0.25, -0.2) is 4.79 Å². The molecule has 1 aliphatic carbocycles. The van der Waals surface area contributed by atoms with Gasteiger partial charge in [-0.05, 0) is 43.0 Å². The van der Waals surface area contributed by atoms with Crippen molar-refractivity contribution in [3.63, 3.8) is 0 Å². The van der Waals surface area contributed by atoms with Gasteiger partial charge < -0.3 is 20.0 Å². The van der Waals surface area contributed by atoms with Gasteiger partial charge in [0.15, 0.2) is 5.76 Å². The number of halogens is 1. The number of carbonyl (C=O) groups excluding carboxylic acids is 2. The summed E-state index contributed by atoms with van der Waals surface area (Å²) in [5.41, 5.74) is 2.58. The van der Waals surface area contributed by atoms with Gasteiger partial charge in [0.2, 0.25) is 0 Å². The number of urea groups is 1. The summed E-state index contributed by atoms with van der Waals surface area (Å²) in [6, 6.07) is 9.24. The number of nitrogens with one attached hydrogen (secondary N) is 2. The van der Waals surface area contributed by atoms with E-state index in [1.165, 1.54) is 0 Å². The van der Waals surface area contributed by atoms with Crippen LogP contribution < -0.4 is 10.6 Å². The molecule has 2 aromatic heterocycles. The van der Waals surface area contributed by atoms with Crippen LogP contribution in [-0.2, 0) is 5.54 Å². The van der Waals surface area contributed by atoms with Crippen LogP contribution in [0.3, 0.4) is 0 Å². The number of fused-ring (bicyclic) bond motifs is 4. The molecular weight excluding hydrogens is 452 g/mol. The summed E-state index contributed by atoms with van der Waals surface area (Å²) in [4.78, 5) is 32.3. The number of amides is 3. The number of furan rings is 1. The summed E-state index contributed by atoms with van der Waals surface area (Å²) < 4.78 is 6.28. The smallest absolute Gasteiger partial charge is 0.319 e. The first kappa shape index (κ1) is 21.5. The zero-order valence-corrected chi connectivity index (χ0v) is 19.8. The summed E-state index contributed by atoms with van der Waals surface area (Å²) in [5, 5.41) is 7.28. The monoisotopic (exact) mass is 478 g/mol. The molecule has 1 saturated heterocycles. The highest BCUT2D eigenvalue weighted by Crippen LogP contribution is 2.49. The molecule has 0 radical (unpaired) electrons. The number of hydrogen-bond donors (Lipinski definition) is 2. The van der Waals surface area contributed by atoms with Gasteiger partial charge in [-0.2, -0.15) is 0 Å². The van der Waals surface area contributed by atoms with Crippen molar-refractivity contribution < 1.29 is 14.0 Å². The molecule has 2 atom stereocenters. The first-order valence-corrected chi connectivity index (χ1v) is 12.4. The predicted molar refractivity (Wildman–Crippen MR) is 130 cm³/mol. The largest absolute Gasteiger partial charge is 0.450 e. The minimum atomic E-state index is -0.524. The van der Waals surface area contributed by atoms with Crippen molar-refractivity contribution in [3.8, 4) is 0 Å². The van der Waals surface area contributed by atoms with Crippen LogP contribution in [0.15, 0.2) is 40.9 Å². The average Bonchev–Trinajstić information content (AvgIpc) is 3.43. The van der Waals surface area contributed by atoms with Crippen LogP contribution in [0.5, 0.6) is 0 Å². The van der Waals surface area contributed by atoms with Gasteiger partial charge in [-0.1, -0.05) is 43.9 Å². The Hall–Kier alpha value is -3.06. The molecule has 8 heteroatoms. The lowest BCUT2D eigenvalue weighted by Gasteiger charge is -2.42. The number of anilines is 1. The van der Waals surface area contributed by atoms with Crippen molar-refractivity contribution in [2.24, 2.45) is 5.92 Å². The molecular formula is C26H27ClN4O3. The zero-order valence-electron chi connectivity index (χ0n) is 19.1. The van der Waals surface area contributed by atoms with E-state index >= 15 is 0 Å². The molecule has 1 saturated carbocycles. The Morgan fingerprint density at radius 2 is 2.03 bits per heavy atom. The highest BCUT2D eigenvalue weighted by molar-refractivity contribution is 6.35. The molecule has 7 nitrogen and oxygen atoms in total. The topological polar surface area (TPSA) is 87.5 Å². The first-order chi connectivity index (χ1) is 16.4. The van der Waals surface area contributed by atoms with Crippen LogP contribution in [0.4, 0.5) is 10.5 Å². The molecule has 3 aliphatic rings. The van der Waals surface area contributed by atoms with E-state index < -0.39 is 5.54 Å². The van der Waals surface area contributed by atoms with Gasteiger partial charge >= 0.3 is 6.03 Å². The SMILES string of the molecule is C[C@@H]1CN(C(=O)c2cc3cc(Cl)c4c(c3o2)C2(CCCCC2)NC(=O)N4)C[C@@H]1c1ccccn1. The summed E-state index contributed by atoms with van der Waals surface area (Å²) in [7, 11) is 0. The molecule has 3 aromatic rings. The van der Waals surface area contributed by atoms with Crippen LogP contribution in [0, 0.1) is 5.92 Å². The minimum absolute atomic E-state index is 0.128. The minimum Gasteiger partial charge on any atom is -0.450 e. The number of benzene rings is 1. The van der Waals surface area contributed by atoms with Crippen LogP contribution in [-0.4, -0.2) is 34.9 Å². The second-order valence-electron chi connectivity index (χ2n) is 9.91. The summed E-state index contributed by atoms with van der Waals surface area (Å²) in [6.45, 7) is 3.41. The van der Waals surface area contributed by atoms with E-state index in [0.29, 0.717) is 41.1 Å². The summed E-state index contributed by atoms with van der Waals surface area (Å²) in [5.74, 6) is 0.671. The van der Waals surface area contributed by atoms with E-state index in [9.17, 15) is 9.59 Å². The standard InChI is InChI=1S/C26H27ClN4O3/c1-15-13-31(14-17(15)19-7-3-6-10-28-19)24(32)20-12-16-11-18(27)22-21(23(16)34-20)26(30-25(33)29-22)8-4-2-5-9-26/h3,6-7,10-12,15,17H,2,4-5,8-9,13-14H2,1H3,(H2,29,30,33)/t15-,17+/m1/s1. The number of likely N-dealkylation sites (tertiary alicyclic amines) is 1. The van der Waals surface area contributed by atoms with E-state index in [0.717, 1.165) is 48.7 Å². The predicted octanol–water partition coefficient (Wildman–Crippen LogP) is 5.65. The van der Waals surface area contributed by atoms with Crippen LogP contribution in [0.25, 0.3) is 11.0 Å². The Kier molecular flexibility index (Phi) is 5.06. The van der Waals surface area contributed by atoms with Crippen LogP contribution in [0.1, 0.15) is 66.8 Å². The number of carbonyl (C=O) groups is 2. The van der Waals surface area contributed by atoms with Gasteiger partial charge in [0.1, 0.15) is 5.58 Å². The van der Waals surface area contributed by atoms with Crippen LogP contribution in [0.2, 0.25) is 5.02 Å². The highest BCUT2D eigenvalue weighted by atomic mass is 35.5. The van der Waals surface area contributed by atoms with E-state index in [1.54, 1.807) is 18.3 Å². The number of hydrogen-bond acceptors (Lipinski definition) is 4. The maximum absolute atomic E-state index is 13.5. The van der Waals surface area contributed by atoms with Crippen molar-refractivity contribution >= 4 is 40.2 Å². The third-order valence-electron chi connectivity index (χ3n) is 7.71. The fourth-order valence-corrected chi connectivity index (χ4v) is 6.32. The Labute approximate surface area is 202 Å². The number of aromatic nitrogens is 1. The summed E-state index contributed by atoms with van der Waals surface area (Å²) in [6.07, 6.45) is 6.61. The molecule has 2 fully saturated rings. The molecule has 1 aromatic carbocycles. The van der Waals surface area contributed by atoms with E-state index in [1.807, 2.05) is 23.1 Å². The Morgan fingerprint density at radius 1 is 1.21 bits per heavy atom. The fraction of sp³-hybridized carbons (Fsp3) is 0.423. The van der Waals surface area contributed by atoms with Crippen molar-refractivity contribution in [1.29, 1.82) is 0 Å². The maximum atomic E-state index is 13.5. The molecule has 176 valence electrons. The number of rotatable bonds is 2. The Bertz CT molecular complexity index is 1280. The normalized spacial score (nSPS) is 23.6. The molecule has 0 bridgehead atoms. The third-order valence-corrected chi connectivity index (χ3v) is 8.01. The average molecular weight is 479 g/mol. The van der Waals surface area contributed by atoms with Crippen LogP contribution >= 0.6 is 11.6 Å². The van der Waals surface area contributed by atoms with Gasteiger partial charge in [-0.15, -0.1) is 0 Å². The first-order valence-electron chi connectivity index (χ1n) is 12.0. The van der Waals surface area contributed by atoms with Crippen molar-refractivity contribution in [2.75, 3.05) is 18.4 Å². The lowest BCUT2D eigenvalue weighted by Crippen LogP contribution is -2.52. The number of pyridine rings is 1.